The number of ether oxygens (including phenoxy) is 1. The second kappa shape index (κ2) is 7.85. The summed E-state index contributed by atoms with van der Waals surface area (Å²) in [4.78, 5) is 23.2. The molecule has 31 heavy (non-hydrogen) atoms. The minimum absolute atomic E-state index is 0.436. The summed E-state index contributed by atoms with van der Waals surface area (Å²) in [5, 5.41) is 3.19. The molecule has 3 N–H and O–H groups in total. The van der Waals surface area contributed by atoms with Crippen LogP contribution in [0.3, 0.4) is 0 Å². The first kappa shape index (κ1) is 19.3. The number of primary amides is 1. The number of hydrogen-bond donors (Lipinski definition) is 2. The van der Waals surface area contributed by atoms with E-state index < -0.39 is 5.91 Å². The number of nitrogens with one attached hydrogen (secondary N) is 1. The van der Waals surface area contributed by atoms with Crippen LogP contribution in [-0.4, -0.2) is 23.0 Å². The molecule has 6 nitrogen and oxygen atoms in total. The summed E-state index contributed by atoms with van der Waals surface area (Å²) in [6, 6.07) is 17.3. The quantitative estimate of drug-likeness (QED) is 0.476. The molecule has 2 heterocycles. The lowest BCUT2D eigenvalue weighted by atomic mass is 9.96. The van der Waals surface area contributed by atoms with Crippen molar-refractivity contribution in [3.8, 4) is 27.4 Å². The van der Waals surface area contributed by atoms with Gasteiger partial charge in [0.1, 0.15) is 5.75 Å². The fraction of sp³-hybridized carbons (Fsp3) is 0.125. The zero-order valence-electron chi connectivity index (χ0n) is 16.9. The Morgan fingerprint density at radius 2 is 2.00 bits per heavy atom. The van der Waals surface area contributed by atoms with E-state index in [1.807, 2.05) is 24.4 Å². The van der Waals surface area contributed by atoms with E-state index in [2.05, 4.69) is 28.5 Å². The van der Waals surface area contributed by atoms with Crippen molar-refractivity contribution in [2.75, 3.05) is 12.4 Å². The number of aromatic nitrogens is 2. The van der Waals surface area contributed by atoms with Gasteiger partial charge in [0.2, 0.25) is 11.9 Å². The van der Waals surface area contributed by atoms with Gasteiger partial charge in [-0.25, -0.2) is 9.97 Å². The number of carbonyl (C=O) groups excluding carboxylic acids is 1. The Morgan fingerprint density at radius 3 is 2.84 bits per heavy atom. The van der Waals surface area contributed by atoms with Crippen LogP contribution in [0.2, 0.25) is 0 Å². The van der Waals surface area contributed by atoms with E-state index in [1.54, 1.807) is 36.6 Å². The molecule has 1 aliphatic rings. The third kappa shape index (κ3) is 3.75. The monoisotopic (exact) mass is 428 g/mol. The number of rotatable bonds is 5. The number of anilines is 2. The highest BCUT2D eigenvalue weighted by Gasteiger charge is 2.22. The van der Waals surface area contributed by atoms with Crippen LogP contribution in [0.15, 0.2) is 60.8 Å². The highest BCUT2D eigenvalue weighted by molar-refractivity contribution is 7.16. The van der Waals surface area contributed by atoms with Crippen LogP contribution in [0.4, 0.5) is 11.6 Å². The topological polar surface area (TPSA) is 90.1 Å². The molecular weight excluding hydrogens is 408 g/mol. The van der Waals surface area contributed by atoms with Crippen molar-refractivity contribution in [1.82, 2.24) is 9.97 Å². The summed E-state index contributed by atoms with van der Waals surface area (Å²) >= 11 is 1.80. The van der Waals surface area contributed by atoms with Gasteiger partial charge < -0.3 is 15.8 Å². The van der Waals surface area contributed by atoms with Crippen molar-refractivity contribution in [2.45, 2.75) is 12.8 Å². The molecule has 1 aliphatic carbocycles. The molecule has 0 bridgehead atoms. The standard InChI is InChI=1S/C24H20N4O2S/c1-30-18-7-3-4-14(11-18)21-12-19-20(31-21)9-8-16-13-26-24(28-22(16)19)27-17-6-2-5-15(10-17)23(25)29/h2-7,10-13H,8-9H2,1H3,(H2,25,29)(H,26,27,28). The number of hydrogen-bond acceptors (Lipinski definition) is 6. The molecular formula is C24H20N4O2S. The summed E-state index contributed by atoms with van der Waals surface area (Å²) in [5.41, 5.74) is 10.9. The maximum Gasteiger partial charge on any atom is 0.248 e. The fourth-order valence-electron chi connectivity index (χ4n) is 3.74. The molecule has 0 saturated carbocycles. The van der Waals surface area contributed by atoms with E-state index >= 15 is 0 Å². The summed E-state index contributed by atoms with van der Waals surface area (Å²) in [6.07, 6.45) is 3.78. The molecule has 7 heteroatoms. The lowest BCUT2D eigenvalue weighted by Crippen LogP contribution is -2.11. The molecule has 1 amide bonds. The van der Waals surface area contributed by atoms with Gasteiger partial charge >= 0.3 is 0 Å². The van der Waals surface area contributed by atoms with Gasteiger partial charge in [-0.15, -0.1) is 11.3 Å². The van der Waals surface area contributed by atoms with Crippen molar-refractivity contribution >= 4 is 28.9 Å². The summed E-state index contributed by atoms with van der Waals surface area (Å²) in [6.45, 7) is 0. The molecule has 0 spiro atoms. The zero-order valence-corrected chi connectivity index (χ0v) is 17.7. The molecule has 2 aromatic heterocycles. The maximum atomic E-state index is 11.5. The Kier molecular flexibility index (Phi) is 4.88. The van der Waals surface area contributed by atoms with Gasteiger partial charge in [-0.1, -0.05) is 18.2 Å². The second-order valence-corrected chi connectivity index (χ2v) is 8.45. The third-order valence-electron chi connectivity index (χ3n) is 5.31. The van der Waals surface area contributed by atoms with E-state index in [0.717, 1.165) is 46.7 Å². The molecule has 0 atom stereocenters. The first-order valence-electron chi connectivity index (χ1n) is 9.91. The smallest absolute Gasteiger partial charge is 0.248 e. The SMILES string of the molecule is COc1cccc(-c2cc3c(s2)CCc2cnc(Nc4cccc(C(N)=O)c4)nc2-3)c1. The first-order valence-corrected chi connectivity index (χ1v) is 10.7. The van der Waals surface area contributed by atoms with E-state index in [1.165, 1.54) is 9.75 Å². The molecule has 0 fully saturated rings. The van der Waals surface area contributed by atoms with E-state index in [4.69, 9.17) is 15.5 Å². The van der Waals surface area contributed by atoms with Crippen molar-refractivity contribution < 1.29 is 9.53 Å². The minimum Gasteiger partial charge on any atom is -0.497 e. The number of nitrogens with zero attached hydrogens (tertiary/aromatic N) is 2. The Labute approximate surface area is 183 Å². The molecule has 0 unspecified atom stereocenters. The predicted octanol–water partition coefficient (Wildman–Crippen LogP) is 4.82. The molecule has 4 aromatic rings. The average Bonchev–Trinajstić information content (AvgIpc) is 3.24. The molecule has 0 radical (unpaired) electrons. The van der Waals surface area contributed by atoms with E-state index in [9.17, 15) is 4.79 Å². The van der Waals surface area contributed by atoms with Gasteiger partial charge in [0, 0.05) is 32.8 Å². The van der Waals surface area contributed by atoms with Crippen LogP contribution in [0, 0.1) is 0 Å². The normalized spacial score (nSPS) is 12.0. The molecule has 154 valence electrons. The van der Waals surface area contributed by atoms with Crippen molar-refractivity contribution in [3.63, 3.8) is 0 Å². The Balaban J connectivity index is 1.49. The fourth-order valence-corrected chi connectivity index (χ4v) is 4.90. The summed E-state index contributed by atoms with van der Waals surface area (Å²) in [5.74, 6) is 0.863. The molecule has 2 aromatic carbocycles. The van der Waals surface area contributed by atoms with Crippen LogP contribution >= 0.6 is 11.3 Å². The van der Waals surface area contributed by atoms with Crippen LogP contribution in [0.1, 0.15) is 20.8 Å². The van der Waals surface area contributed by atoms with E-state index in [0.29, 0.717) is 11.5 Å². The van der Waals surface area contributed by atoms with Gasteiger partial charge in [0.05, 0.1) is 12.8 Å². The second-order valence-electron chi connectivity index (χ2n) is 7.32. The van der Waals surface area contributed by atoms with Gasteiger partial charge in [-0.2, -0.15) is 0 Å². The number of nitrogens with two attached hydrogens (primary N) is 1. The number of amides is 1. The third-order valence-corrected chi connectivity index (χ3v) is 6.55. The Bertz CT molecular complexity index is 1300. The van der Waals surface area contributed by atoms with Gasteiger partial charge in [-0.3, -0.25) is 4.79 Å². The molecule has 0 aliphatic heterocycles. The van der Waals surface area contributed by atoms with Crippen LogP contribution < -0.4 is 15.8 Å². The van der Waals surface area contributed by atoms with Gasteiger partial charge in [-0.05, 0) is 60.4 Å². The van der Waals surface area contributed by atoms with Gasteiger partial charge in [0.15, 0.2) is 0 Å². The summed E-state index contributed by atoms with van der Waals surface area (Å²) < 4.78 is 5.38. The number of thiophene rings is 1. The zero-order chi connectivity index (χ0) is 21.4. The number of aryl methyl sites for hydroxylation is 2. The highest BCUT2D eigenvalue weighted by Crippen LogP contribution is 2.42. The Hall–Kier alpha value is -3.71. The van der Waals surface area contributed by atoms with Crippen molar-refractivity contribution in [1.29, 1.82) is 0 Å². The maximum absolute atomic E-state index is 11.5. The largest absolute Gasteiger partial charge is 0.497 e. The minimum atomic E-state index is -0.469. The number of fused-ring (bicyclic) bond motifs is 3. The van der Waals surface area contributed by atoms with E-state index in [-0.39, 0.29) is 0 Å². The van der Waals surface area contributed by atoms with Crippen molar-refractivity contribution in [3.05, 3.63) is 76.8 Å². The van der Waals surface area contributed by atoms with Crippen LogP contribution in [-0.2, 0) is 12.8 Å². The molecule has 5 rings (SSSR count). The highest BCUT2D eigenvalue weighted by atomic mass is 32.1. The van der Waals surface area contributed by atoms with Gasteiger partial charge in [0.25, 0.3) is 0 Å². The lowest BCUT2D eigenvalue weighted by molar-refractivity contribution is 0.100. The number of methoxy groups -OCH3 is 1. The number of benzene rings is 2. The van der Waals surface area contributed by atoms with Crippen LogP contribution in [0.5, 0.6) is 5.75 Å². The van der Waals surface area contributed by atoms with Crippen molar-refractivity contribution in [2.24, 2.45) is 5.73 Å². The lowest BCUT2D eigenvalue weighted by Gasteiger charge is -2.16. The van der Waals surface area contributed by atoms with Crippen LogP contribution in [0.25, 0.3) is 21.7 Å². The Morgan fingerprint density at radius 1 is 1.13 bits per heavy atom. The molecule has 0 saturated heterocycles. The summed E-state index contributed by atoms with van der Waals surface area (Å²) in [7, 11) is 1.68. The first-order chi connectivity index (χ1) is 15.1. The number of carbonyl (C=O) groups is 1. The average molecular weight is 429 g/mol. The predicted molar refractivity (Wildman–Crippen MR) is 123 cm³/mol.